The summed E-state index contributed by atoms with van der Waals surface area (Å²) in [4.78, 5) is 6.58. The Balaban J connectivity index is 0.00000300. The van der Waals surface area contributed by atoms with Crippen LogP contribution in [0.1, 0.15) is 17.5 Å². The highest BCUT2D eigenvalue weighted by atomic mass is 127. The Kier molecular flexibility index (Phi) is 8.60. The van der Waals surface area contributed by atoms with E-state index in [4.69, 9.17) is 0 Å². The van der Waals surface area contributed by atoms with E-state index in [1.54, 1.807) is 7.05 Å². The van der Waals surface area contributed by atoms with Crippen LogP contribution in [-0.2, 0) is 12.7 Å². The summed E-state index contributed by atoms with van der Waals surface area (Å²) in [5.74, 6) is 1.17. The van der Waals surface area contributed by atoms with Crippen molar-refractivity contribution in [1.29, 1.82) is 0 Å². The molecule has 3 rings (SSSR count). The Hall–Kier alpha value is -1.97. The van der Waals surface area contributed by atoms with Gasteiger partial charge in [0.15, 0.2) is 5.96 Å². The van der Waals surface area contributed by atoms with Crippen LogP contribution in [0.3, 0.4) is 0 Å². The van der Waals surface area contributed by atoms with Gasteiger partial charge in [0.05, 0.1) is 5.56 Å². The molecule has 1 fully saturated rings. The summed E-state index contributed by atoms with van der Waals surface area (Å²) >= 11 is 0. The van der Waals surface area contributed by atoms with Gasteiger partial charge in [-0.05, 0) is 42.2 Å². The maximum atomic E-state index is 12.6. The quantitative estimate of drug-likeness (QED) is 0.348. The fourth-order valence-corrected chi connectivity index (χ4v) is 3.33. The van der Waals surface area contributed by atoms with Crippen molar-refractivity contribution in [2.45, 2.75) is 19.1 Å². The number of nitrogens with one attached hydrogen (secondary N) is 2. The Morgan fingerprint density at radius 3 is 2.38 bits per heavy atom. The molecule has 0 amide bonds. The summed E-state index contributed by atoms with van der Waals surface area (Å²) in [6, 6.07) is 15.5. The molecular weight excluding hydrogens is 492 g/mol. The number of nitrogens with zero attached hydrogens (tertiary/aromatic N) is 2. The van der Waals surface area contributed by atoms with Crippen LogP contribution in [0.25, 0.3) is 0 Å². The average Bonchev–Trinajstić information content (AvgIpc) is 3.17. The van der Waals surface area contributed by atoms with Crippen molar-refractivity contribution in [3.8, 4) is 0 Å². The van der Waals surface area contributed by atoms with Crippen LogP contribution in [0.2, 0.25) is 0 Å². The fourth-order valence-electron chi connectivity index (χ4n) is 3.33. The number of benzene rings is 2. The minimum absolute atomic E-state index is 0. The molecule has 0 spiro atoms. The van der Waals surface area contributed by atoms with Gasteiger partial charge in [0.2, 0.25) is 0 Å². The van der Waals surface area contributed by atoms with E-state index in [-0.39, 0.29) is 24.0 Å². The van der Waals surface area contributed by atoms with E-state index < -0.39 is 11.7 Å². The number of rotatable bonds is 5. The number of hydrogen-bond acceptors (Lipinski definition) is 2. The highest BCUT2D eigenvalue weighted by Gasteiger charge is 2.29. The first-order valence-corrected chi connectivity index (χ1v) is 9.36. The monoisotopic (exact) mass is 518 g/mol. The molecule has 158 valence electrons. The third-order valence-electron chi connectivity index (χ3n) is 4.93. The zero-order valence-electron chi connectivity index (χ0n) is 16.2. The molecule has 0 aliphatic carbocycles. The zero-order chi connectivity index (χ0) is 20.0. The SMILES string of the molecule is CN=C(NCc1ccc(C(F)(F)F)cc1)NCC1CCN(c2ccccc2)C1.I. The van der Waals surface area contributed by atoms with E-state index in [2.05, 4.69) is 32.7 Å². The van der Waals surface area contributed by atoms with Crippen LogP contribution in [0.5, 0.6) is 0 Å². The first-order valence-electron chi connectivity index (χ1n) is 9.36. The molecule has 1 heterocycles. The van der Waals surface area contributed by atoms with Gasteiger partial charge < -0.3 is 15.5 Å². The average molecular weight is 518 g/mol. The molecule has 1 atom stereocenters. The van der Waals surface area contributed by atoms with Crippen molar-refractivity contribution in [2.24, 2.45) is 10.9 Å². The molecule has 8 heteroatoms. The van der Waals surface area contributed by atoms with Crippen molar-refractivity contribution in [1.82, 2.24) is 10.6 Å². The molecule has 1 unspecified atom stereocenters. The van der Waals surface area contributed by atoms with Gasteiger partial charge in [0, 0.05) is 38.9 Å². The summed E-state index contributed by atoms with van der Waals surface area (Å²) in [6.07, 6.45) is -3.20. The smallest absolute Gasteiger partial charge is 0.371 e. The summed E-state index contributed by atoms with van der Waals surface area (Å²) < 4.78 is 37.9. The lowest BCUT2D eigenvalue weighted by atomic mass is 10.1. The summed E-state index contributed by atoms with van der Waals surface area (Å²) in [5.41, 5.74) is 1.38. The van der Waals surface area contributed by atoms with Gasteiger partial charge in [-0.3, -0.25) is 4.99 Å². The molecule has 2 aromatic carbocycles. The van der Waals surface area contributed by atoms with Crippen LogP contribution < -0.4 is 15.5 Å². The van der Waals surface area contributed by atoms with Gasteiger partial charge in [0.25, 0.3) is 0 Å². The number of hydrogen-bond donors (Lipinski definition) is 2. The first-order chi connectivity index (χ1) is 13.5. The molecule has 2 N–H and O–H groups in total. The zero-order valence-corrected chi connectivity index (χ0v) is 18.6. The maximum Gasteiger partial charge on any atom is 0.416 e. The molecule has 0 radical (unpaired) electrons. The number of halogens is 4. The molecule has 1 saturated heterocycles. The van der Waals surface area contributed by atoms with Crippen molar-refractivity contribution >= 4 is 35.6 Å². The lowest BCUT2D eigenvalue weighted by molar-refractivity contribution is -0.137. The lowest BCUT2D eigenvalue weighted by Gasteiger charge is -2.19. The van der Waals surface area contributed by atoms with Gasteiger partial charge >= 0.3 is 6.18 Å². The number of aliphatic imine (C=N–C) groups is 1. The Bertz CT molecular complexity index is 779. The lowest BCUT2D eigenvalue weighted by Crippen LogP contribution is -2.39. The molecule has 1 aliphatic rings. The van der Waals surface area contributed by atoms with E-state index in [1.807, 2.05) is 18.2 Å². The fraction of sp³-hybridized carbons (Fsp3) is 0.381. The predicted molar refractivity (Wildman–Crippen MR) is 122 cm³/mol. The summed E-state index contributed by atoms with van der Waals surface area (Å²) in [5, 5.41) is 6.48. The molecule has 2 aromatic rings. The molecule has 0 bridgehead atoms. The highest BCUT2D eigenvalue weighted by molar-refractivity contribution is 14.0. The van der Waals surface area contributed by atoms with Gasteiger partial charge in [-0.2, -0.15) is 13.2 Å². The van der Waals surface area contributed by atoms with Crippen LogP contribution in [0, 0.1) is 5.92 Å². The number of anilines is 1. The molecule has 29 heavy (non-hydrogen) atoms. The summed E-state index contributed by atoms with van der Waals surface area (Å²) in [6.45, 7) is 3.25. The first kappa shape index (κ1) is 23.3. The van der Waals surface area contributed by atoms with Crippen molar-refractivity contribution in [3.63, 3.8) is 0 Å². The van der Waals surface area contributed by atoms with Gasteiger partial charge in [-0.15, -0.1) is 24.0 Å². The Labute approximate surface area is 186 Å². The molecule has 0 aromatic heterocycles. The predicted octanol–water partition coefficient (Wildman–Crippen LogP) is 4.51. The van der Waals surface area contributed by atoms with Crippen molar-refractivity contribution < 1.29 is 13.2 Å². The van der Waals surface area contributed by atoms with Gasteiger partial charge in [-0.1, -0.05) is 30.3 Å². The second kappa shape index (κ2) is 10.7. The van der Waals surface area contributed by atoms with Crippen molar-refractivity contribution in [3.05, 3.63) is 65.7 Å². The standard InChI is InChI=1S/C21H25F3N4.HI/c1-25-20(26-13-16-7-9-18(10-8-16)21(22,23)24)27-14-17-11-12-28(15-17)19-5-3-2-4-6-19;/h2-10,17H,11-15H2,1H3,(H2,25,26,27);1H. The van der Waals surface area contributed by atoms with Gasteiger partial charge in [0.1, 0.15) is 0 Å². The van der Waals surface area contributed by atoms with Crippen molar-refractivity contribution in [2.75, 3.05) is 31.6 Å². The van der Waals surface area contributed by atoms with Gasteiger partial charge in [-0.25, -0.2) is 0 Å². The summed E-state index contributed by atoms with van der Waals surface area (Å²) in [7, 11) is 1.69. The van der Waals surface area contributed by atoms with Crippen LogP contribution in [0.4, 0.5) is 18.9 Å². The van der Waals surface area contributed by atoms with E-state index in [1.165, 1.54) is 17.8 Å². The Morgan fingerprint density at radius 2 is 1.76 bits per heavy atom. The third kappa shape index (κ3) is 6.80. The normalized spacial score (nSPS) is 17.0. The van der Waals surface area contributed by atoms with Crippen LogP contribution in [-0.4, -0.2) is 32.6 Å². The molecule has 4 nitrogen and oxygen atoms in total. The highest BCUT2D eigenvalue weighted by Crippen LogP contribution is 2.29. The Morgan fingerprint density at radius 1 is 1.07 bits per heavy atom. The van der Waals surface area contributed by atoms with E-state index >= 15 is 0 Å². The molecular formula is C21H26F3IN4. The second-order valence-corrected chi connectivity index (χ2v) is 6.94. The third-order valence-corrected chi connectivity index (χ3v) is 4.93. The minimum Gasteiger partial charge on any atom is -0.371 e. The number of guanidine groups is 1. The molecule has 0 saturated carbocycles. The van der Waals surface area contributed by atoms with E-state index in [9.17, 15) is 13.2 Å². The number of alkyl halides is 3. The largest absolute Gasteiger partial charge is 0.416 e. The maximum absolute atomic E-state index is 12.6. The van der Waals surface area contributed by atoms with E-state index in [0.29, 0.717) is 18.4 Å². The number of para-hydroxylation sites is 1. The van der Waals surface area contributed by atoms with Crippen LogP contribution in [0.15, 0.2) is 59.6 Å². The second-order valence-electron chi connectivity index (χ2n) is 6.94. The van der Waals surface area contributed by atoms with E-state index in [0.717, 1.165) is 43.8 Å². The molecule has 1 aliphatic heterocycles. The van der Waals surface area contributed by atoms with Crippen LogP contribution >= 0.6 is 24.0 Å². The minimum atomic E-state index is -4.31. The topological polar surface area (TPSA) is 39.7 Å².